The molecule has 0 saturated heterocycles. The average Bonchev–Trinajstić information content (AvgIpc) is 2.22. The minimum absolute atomic E-state index is 0.307. The third-order valence-corrected chi connectivity index (χ3v) is 2.43. The fraction of sp³-hybridized carbons (Fsp3) is 0.538. The SMILES string of the molecule is CC(C)NCCCCc1cc(F)ccc1F. The number of nitrogens with one attached hydrogen (secondary N) is 1. The van der Waals surface area contributed by atoms with Crippen molar-refractivity contribution in [3.63, 3.8) is 0 Å². The van der Waals surface area contributed by atoms with Gasteiger partial charge in [-0.3, -0.25) is 0 Å². The lowest BCUT2D eigenvalue weighted by Gasteiger charge is -2.07. The van der Waals surface area contributed by atoms with Gasteiger partial charge < -0.3 is 5.32 Å². The van der Waals surface area contributed by atoms with E-state index in [1.807, 2.05) is 0 Å². The van der Waals surface area contributed by atoms with E-state index in [0.29, 0.717) is 18.0 Å². The highest BCUT2D eigenvalue weighted by Crippen LogP contribution is 2.12. The summed E-state index contributed by atoms with van der Waals surface area (Å²) in [6.45, 7) is 5.10. The molecule has 90 valence electrons. The van der Waals surface area contributed by atoms with Gasteiger partial charge in [0.05, 0.1) is 0 Å². The Kier molecular flexibility index (Phi) is 5.39. The van der Waals surface area contributed by atoms with Gasteiger partial charge in [0.15, 0.2) is 0 Å². The molecule has 0 saturated carbocycles. The van der Waals surface area contributed by atoms with Crippen LogP contribution in [0.25, 0.3) is 0 Å². The fourth-order valence-corrected chi connectivity index (χ4v) is 1.57. The van der Waals surface area contributed by atoms with Crippen molar-refractivity contribution >= 4 is 0 Å². The molecule has 0 radical (unpaired) electrons. The van der Waals surface area contributed by atoms with E-state index in [2.05, 4.69) is 19.2 Å². The molecule has 0 atom stereocenters. The van der Waals surface area contributed by atoms with Gasteiger partial charge in [-0.2, -0.15) is 0 Å². The van der Waals surface area contributed by atoms with Crippen molar-refractivity contribution in [1.82, 2.24) is 5.32 Å². The summed E-state index contributed by atoms with van der Waals surface area (Å²) in [7, 11) is 0. The first-order valence-electron chi connectivity index (χ1n) is 5.77. The molecule has 0 aromatic heterocycles. The molecule has 0 aliphatic rings. The topological polar surface area (TPSA) is 12.0 Å². The standard InChI is InChI=1S/C13H19F2N/c1-10(2)16-8-4-3-5-11-9-12(14)6-7-13(11)15/h6-7,9-10,16H,3-5,8H2,1-2H3. The van der Waals surface area contributed by atoms with Gasteiger partial charge in [-0.05, 0) is 49.6 Å². The van der Waals surface area contributed by atoms with Crippen LogP contribution in [0.2, 0.25) is 0 Å². The molecule has 3 heteroatoms. The highest BCUT2D eigenvalue weighted by atomic mass is 19.1. The zero-order chi connectivity index (χ0) is 12.0. The Hall–Kier alpha value is -0.960. The second-order valence-corrected chi connectivity index (χ2v) is 4.30. The normalized spacial score (nSPS) is 11.1. The van der Waals surface area contributed by atoms with Crippen LogP contribution in [-0.2, 0) is 6.42 Å². The molecule has 0 aliphatic carbocycles. The van der Waals surface area contributed by atoms with E-state index in [9.17, 15) is 8.78 Å². The number of unbranched alkanes of at least 4 members (excludes halogenated alkanes) is 1. The number of rotatable bonds is 6. The van der Waals surface area contributed by atoms with Crippen LogP contribution in [0.3, 0.4) is 0 Å². The van der Waals surface area contributed by atoms with E-state index >= 15 is 0 Å². The Morgan fingerprint density at radius 1 is 1.19 bits per heavy atom. The van der Waals surface area contributed by atoms with Gasteiger partial charge in [-0.25, -0.2) is 8.78 Å². The molecule has 0 heterocycles. The number of hydrogen-bond acceptors (Lipinski definition) is 1. The molecule has 1 aromatic rings. The first kappa shape index (κ1) is 13.1. The van der Waals surface area contributed by atoms with E-state index in [-0.39, 0.29) is 11.6 Å². The van der Waals surface area contributed by atoms with Crippen LogP contribution in [0.5, 0.6) is 0 Å². The summed E-state index contributed by atoms with van der Waals surface area (Å²) in [5.74, 6) is -0.671. The van der Waals surface area contributed by atoms with E-state index < -0.39 is 0 Å². The molecule has 1 aromatic carbocycles. The highest BCUT2D eigenvalue weighted by molar-refractivity contribution is 5.18. The molecule has 0 amide bonds. The summed E-state index contributed by atoms with van der Waals surface area (Å²) in [5.41, 5.74) is 0.476. The van der Waals surface area contributed by atoms with Crippen LogP contribution in [0.4, 0.5) is 8.78 Å². The minimum Gasteiger partial charge on any atom is -0.315 e. The maximum absolute atomic E-state index is 13.2. The van der Waals surface area contributed by atoms with E-state index in [4.69, 9.17) is 0 Å². The molecule has 0 spiro atoms. The maximum Gasteiger partial charge on any atom is 0.126 e. The van der Waals surface area contributed by atoms with Crippen molar-refractivity contribution in [2.24, 2.45) is 0 Å². The van der Waals surface area contributed by atoms with Crippen molar-refractivity contribution in [3.8, 4) is 0 Å². The lowest BCUT2D eigenvalue weighted by atomic mass is 10.1. The third-order valence-electron chi connectivity index (χ3n) is 2.43. The molecule has 1 N–H and O–H groups in total. The molecule has 0 bridgehead atoms. The molecule has 0 unspecified atom stereocenters. The van der Waals surface area contributed by atoms with Crippen molar-refractivity contribution < 1.29 is 8.78 Å². The van der Waals surface area contributed by atoms with Crippen molar-refractivity contribution in [3.05, 3.63) is 35.4 Å². The van der Waals surface area contributed by atoms with Gasteiger partial charge in [-0.1, -0.05) is 13.8 Å². The number of aryl methyl sites for hydroxylation is 1. The Balaban J connectivity index is 2.29. The largest absolute Gasteiger partial charge is 0.315 e. The van der Waals surface area contributed by atoms with E-state index in [0.717, 1.165) is 25.5 Å². The number of benzene rings is 1. The highest BCUT2D eigenvalue weighted by Gasteiger charge is 2.03. The zero-order valence-corrected chi connectivity index (χ0v) is 9.89. The zero-order valence-electron chi connectivity index (χ0n) is 9.89. The van der Waals surface area contributed by atoms with Crippen LogP contribution in [0.15, 0.2) is 18.2 Å². The quantitative estimate of drug-likeness (QED) is 0.735. The minimum atomic E-state index is -0.364. The van der Waals surface area contributed by atoms with Crippen LogP contribution in [0.1, 0.15) is 32.3 Å². The summed E-state index contributed by atoms with van der Waals surface area (Å²) >= 11 is 0. The Labute approximate surface area is 95.9 Å². The first-order chi connectivity index (χ1) is 7.59. The second-order valence-electron chi connectivity index (χ2n) is 4.30. The van der Waals surface area contributed by atoms with Crippen LogP contribution in [0, 0.1) is 11.6 Å². The molecule has 0 aliphatic heterocycles. The predicted octanol–water partition coefficient (Wildman–Crippen LogP) is 3.29. The van der Waals surface area contributed by atoms with Crippen molar-refractivity contribution in [2.45, 2.75) is 39.2 Å². The summed E-state index contributed by atoms with van der Waals surface area (Å²) < 4.78 is 26.1. The number of hydrogen-bond donors (Lipinski definition) is 1. The Morgan fingerprint density at radius 2 is 1.94 bits per heavy atom. The summed E-state index contributed by atoms with van der Waals surface area (Å²) in [6.07, 6.45) is 2.46. The molecule has 16 heavy (non-hydrogen) atoms. The van der Waals surface area contributed by atoms with E-state index in [1.165, 1.54) is 12.1 Å². The van der Waals surface area contributed by atoms with Crippen LogP contribution < -0.4 is 5.32 Å². The maximum atomic E-state index is 13.2. The van der Waals surface area contributed by atoms with Gasteiger partial charge in [0.25, 0.3) is 0 Å². The number of halogens is 2. The first-order valence-corrected chi connectivity index (χ1v) is 5.77. The summed E-state index contributed by atoms with van der Waals surface area (Å²) in [4.78, 5) is 0. The van der Waals surface area contributed by atoms with Crippen molar-refractivity contribution in [2.75, 3.05) is 6.54 Å². The third kappa shape index (κ3) is 4.71. The fourth-order valence-electron chi connectivity index (χ4n) is 1.57. The summed E-state index contributed by atoms with van der Waals surface area (Å²) in [5, 5.41) is 3.29. The van der Waals surface area contributed by atoms with Crippen molar-refractivity contribution in [1.29, 1.82) is 0 Å². The lowest BCUT2D eigenvalue weighted by Crippen LogP contribution is -2.23. The molecular weight excluding hydrogens is 208 g/mol. The van der Waals surface area contributed by atoms with Gasteiger partial charge >= 0.3 is 0 Å². The van der Waals surface area contributed by atoms with Gasteiger partial charge in [-0.15, -0.1) is 0 Å². The Bertz CT molecular complexity index is 324. The smallest absolute Gasteiger partial charge is 0.126 e. The Morgan fingerprint density at radius 3 is 2.62 bits per heavy atom. The van der Waals surface area contributed by atoms with Gasteiger partial charge in [0, 0.05) is 6.04 Å². The molecule has 1 rings (SSSR count). The van der Waals surface area contributed by atoms with E-state index in [1.54, 1.807) is 0 Å². The van der Waals surface area contributed by atoms with Gasteiger partial charge in [0.2, 0.25) is 0 Å². The molecule has 1 nitrogen and oxygen atoms in total. The monoisotopic (exact) mass is 227 g/mol. The van der Waals surface area contributed by atoms with Crippen LogP contribution >= 0.6 is 0 Å². The second kappa shape index (κ2) is 6.59. The van der Waals surface area contributed by atoms with Gasteiger partial charge in [0.1, 0.15) is 11.6 Å². The summed E-state index contributed by atoms with van der Waals surface area (Å²) in [6, 6.07) is 4.10. The predicted molar refractivity (Wildman–Crippen MR) is 62.4 cm³/mol. The molecule has 0 fully saturated rings. The lowest BCUT2D eigenvalue weighted by molar-refractivity contribution is 0.546. The molecular formula is C13H19F2N. The average molecular weight is 227 g/mol. The van der Waals surface area contributed by atoms with Crippen LogP contribution in [-0.4, -0.2) is 12.6 Å².